The van der Waals surface area contributed by atoms with E-state index in [1.165, 1.54) is 0 Å². The van der Waals surface area contributed by atoms with Crippen molar-refractivity contribution in [3.63, 3.8) is 0 Å². The molecule has 4 aliphatic rings. The summed E-state index contributed by atoms with van der Waals surface area (Å²) in [5.74, 6) is 1.65. The third-order valence-electron chi connectivity index (χ3n) is 4.13. The largest absolute Gasteiger partial charge is 0.381 e. The molecule has 3 heteroatoms. The van der Waals surface area contributed by atoms with Crippen molar-refractivity contribution in [2.24, 2.45) is 23.7 Å². The summed E-state index contributed by atoms with van der Waals surface area (Å²) in [7, 11) is 0. The third kappa shape index (κ3) is 1.07. The Morgan fingerprint density at radius 3 is 2.13 bits per heavy atom. The van der Waals surface area contributed by atoms with Crippen molar-refractivity contribution in [1.29, 1.82) is 10.5 Å². The molecule has 0 spiro atoms. The second kappa shape index (κ2) is 3.08. The van der Waals surface area contributed by atoms with Crippen LogP contribution >= 0.6 is 0 Å². The molecule has 2 unspecified atom stereocenters. The highest BCUT2D eigenvalue weighted by Crippen LogP contribution is 2.52. The summed E-state index contributed by atoms with van der Waals surface area (Å²) >= 11 is 0. The van der Waals surface area contributed by atoms with E-state index in [1.54, 1.807) is 0 Å². The van der Waals surface area contributed by atoms with Crippen LogP contribution in [-0.4, -0.2) is 13.2 Å². The lowest BCUT2D eigenvalue weighted by atomic mass is 9.57. The molecule has 3 nitrogen and oxygen atoms in total. The summed E-state index contributed by atoms with van der Waals surface area (Å²) in [5, 5.41) is 18.3. The van der Waals surface area contributed by atoms with Crippen molar-refractivity contribution >= 4 is 0 Å². The molecule has 2 fully saturated rings. The van der Waals surface area contributed by atoms with E-state index in [0.717, 1.165) is 37.2 Å². The number of hydrogen-bond donors (Lipinski definition) is 0. The zero-order valence-electron chi connectivity index (χ0n) is 8.44. The van der Waals surface area contributed by atoms with E-state index >= 15 is 0 Å². The van der Waals surface area contributed by atoms with E-state index in [4.69, 9.17) is 10.00 Å². The van der Waals surface area contributed by atoms with Crippen LogP contribution in [0.25, 0.3) is 0 Å². The fourth-order valence-electron chi connectivity index (χ4n) is 3.61. The van der Waals surface area contributed by atoms with Gasteiger partial charge in [0.05, 0.1) is 25.4 Å². The molecule has 4 rings (SSSR count). The third-order valence-corrected chi connectivity index (χ3v) is 4.13. The molecule has 0 N–H and O–H groups in total. The van der Waals surface area contributed by atoms with Gasteiger partial charge in [-0.05, 0) is 30.6 Å². The van der Waals surface area contributed by atoms with Gasteiger partial charge in [-0.25, -0.2) is 0 Å². The number of nitrogens with zero attached hydrogens (tertiary/aromatic N) is 2. The summed E-state index contributed by atoms with van der Waals surface area (Å²) in [6.07, 6.45) is 2.10. The highest BCUT2D eigenvalue weighted by Gasteiger charge is 2.49. The maximum atomic E-state index is 9.17. The zero-order valence-corrected chi connectivity index (χ0v) is 8.44. The van der Waals surface area contributed by atoms with Gasteiger partial charge in [0, 0.05) is 17.1 Å². The van der Waals surface area contributed by atoms with E-state index in [1.807, 2.05) is 0 Å². The number of ether oxygens (including phenoxy) is 1. The molecule has 1 saturated carbocycles. The summed E-state index contributed by atoms with van der Waals surface area (Å²) < 4.78 is 5.54. The van der Waals surface area contributed by atoms with E-state index < -0.39 is 0 Å². The molecular weight excluding hydrogens is 188 g/mol. The Bertz CT molecular complexity index is 398. The molecule has 1 heterocycles. The number of rotatable bonds is 0. The van der Waals surface area contributed by atoms with Crippen molar-refractivity contribution in [1.82, 2.24) is 0 Å². The highest BCUT2D eigenvalue weighted by atomic mass is 16.5. The first kappa shape index (κ1) is 8.95. The monoisotopic (exact) mass is 200 g/mol. The number of allylic oxidation sites excluding steroid dienone is 2. The summed E-state index contributed by atoms with van der Waals surface area (Å²) in [6.45, 7) is 1.56. The average molecular weight is 200 g/mol. The molecule has 3 aliphatic carbocycles. The van der Waals surface area contributed by atoms with Gasteiger partial charge >= 0.3 is 0 Å². The zero-order chi connectivity index (χ0) is 10.4. The Morgan fingerprint density at radius 2 is 1.60 bits per heavy atom. The maximum Gasteiger partial charge on any atom is 0.0960 e. The molecule has 0 aromatic carbocycles. The normalized spacial score (nSPS) is 42.3. The van der Waals surface area contributed by atoms with Crippen LogP contribution in [0.15, 0.2) is 11.1 Å². The van der Waals surface area contributed by atoms with Crippen LogP contribution in [0.4, 0.5) is 0 Å². The maximum absolute atomic E-state index is 9.17. The van der Waals surface area contributed by atoms with Crippen molar-refractivity contribution in [3.05, 3.63) is 11.1 Å². The minimum Gasteiger partial charge on any atom is -0.381 e. The van der Waals surface area contributed by atoms with Gasteiger partial charge in [0.25, 0.3) is 0 Å². The SMILES string of the molecule is N#CC1=C(C#N)C2[C@@H]3COC[C@H]2CC1C3. The van der Waals surface area contributed by atoms with E-state index in [0.29, 0.717) is 23.7 Å². The van der Waals surface area contributed by atoms with Crippen molar-refractivity contribution in [2.45, 2.75) is 12.8 Å². The van der Waals surface area contributed by atoms with Crippen LogP contribution < -0.4 is 0 Å². The number of nitriles is 2. The Balaban J connectivity index is 2.10. The lowest BCUT2D eigenvalue weighted by Gasteiger charge is -2.49. The Morgan fingerprint density at radius 1 is 1.00 bits per heavy atom. The Kier molecular flexibility index (Phi) is 1.84. The van der Waals surface area contributed by atoms with Crippen molar-refractivity contribution in [2.75, 3.05) is 13.2 Å². The topological polar surface area (TPSA) is 56.8 Å². The first-order valence-electron chi connectivity index (χ1n) is 5.47. The Hall–Kier alpha value is -1.32. The fourth-order valence-corrected chi connectivity index (χ4v) is 3.61. The van der Waals surface area contributed by atoms with Gasteiger partial charge < -0.3 is 4.74 Å². The van der Waals surface area contributed by atoms with Crippen LogP contribution in [0.2, 0.25) is 0 Å². The fraction of sp³-hybridized carbons (Fsp3) is 0.667. The minimum absolute atomic E-state index is 0.323. The molecule has 0 aromatic rings. The first-order chi connectivity index (χ1) is 7.35. The molecule has 76 valence electrons. The van der Waals surface area contributed by atoms with E-state index in [-0.39, 0.29) is 0 Å². The van der Waals surface area contributed by atoms with Gasteiger partial charge in [-0.3, -0.25) is 0 Å². The molecule has 0 aromatic heterocycles. The molecule has 15 heavy (non-hydrogen) atoms. The van der Waals surface area contributed by atoms with Gasteiger partial charge in [0.2, 0.25) is 0 Å². The van der Waals surface area contributed by atoms with Gasteiger partial charge in [-0.1, -0.05) is 0 Å². The van der Waals surface area contributed by atoms with E-state index in [2.05, 4.69) is 12.1 Å². The molecule has 1 aliphatic heterocycles. The minimum atomic E-state index is 0.323. The van der Waals surface area contributed by atoms with Crippen molar-refractivity contribution < 1.29 is 4.74 Å². The predicted octanol–water partition coefficient (Wildman–Crippen LogP) is 1.63. The van der Waals surface area contributed by atoms with Crippen LogP contribution in [-0.2, 0) is 4.74 Å². The van der Waals surface area contributed by atoms with E-state index in [9.17, 15) is 5.26 Å². The lowest BCUT2D eigenvalue weighted by Crippen LogP contribution is -2.47. The Labute approximate surface area is 88.9 Å². The quantitative estimate of drug-likeness (QED) is 0.597. The predicted molar refractivity (Wildman–Crippen MR) is 52.3 cm³/mol. The standard InChI is InChI=1S/C12H12N2O/c13-3-10-7-1-8-5-15-6-9(2-7)12(8)11(10)4-14/h7-9,12H,1-2,5-6H2/t7?,8-,9+,12?. The number of hydrogen-bond acceptors (Lipinski definition) is 3. The smallest absolute Gasteiger partial charge is 0.0960 e. The average Bonchev–Trinajstić information content (AvgIpc) is 2.27. The van der Waals surface area contributed by atoms with Gasteiger partial charge in [0.15, 0.2) is 0 Å². The van der Waals surface area contributed by atoms with Crippen molar-refractivity contribution in [3.8, 4) is 12.1 Å². The van der Waals surface area contributed by atoms with Crippen LogP contribution in [0, 0.1) is 46.3 Å². The second-order valence-electron chi connectivity index (χ2n) is 4.80. The van der Waals surface area contributed by atoms with Gasteiger partial charge in [0.1, 0.15) is 0 Å². The molecular formula is C12H12N2O. The summed E-state index contributed by atoms with van der Waals surface area (Å²) in [5.41, 5.74) is 1.55. The lowest BCUT2D eigenvalue weighted by molar-refractivity contribution is -0.0608. The summed E-state index contributed by atoms with van der Waals surface area (Å²) in [4.78, 5) is 0. The molecule has 0 radical (unpaired) electrons. The van der Waals surface area contributed by atoms with Crippen LogP contribution in [0.3, 0.4) is 0 Å². The summed E-state index contributed by atoms with van der Waals surface area (Å²) in [6, 6.07) is 4.51. The van der Waals surface area contributed by atoms with Crippen LogP contribution in [0.1, 0.15) is 12.8 Å². The van der Waals surface area contributed by atoms with Crippen LogP contribution in [0.5, 0.6) is 0 Å². The molecule has 0 amide bonds. The first-order valence-corrected chi connectivity index (χ1v) is 5.47. The molecule has 4 atom stereocenters. The molecule has 4 bridgehead atoms. The van der Waals surface area contributed by atoms with Gasteiger partial charge in [-0.2, -0.15) is 10.5 Å². The van der Waals surface area contributed by atoms with Gasteiger partial charge in [-0.15, -0.1) is 0 Å². The highest BCUT2D eigenvalue weighted by molar-refractivity contribution is 5.45. The second-order valence-corrected chi connectivity index (χ2v) is 4.80. The molecule has 1 saturated heterocycles.